The molecule has 0 bridgehead atoms. The van der Waals surface area contributed by atoms with Crippen molar-refractivity contribution in [1.82, 2.24) is 19.6 Å². The van der Waals surface area contributed by atoms with Gasteiger partial charge in [-0.1, -0.05) is 13.8 Å². The fourth-order valence-corrected chi connectivity index (χ4v) is 4.79. The molecule has 0 spiro atoms. The highest BCUT2D eigenvalue weighted by Crippen LogP contribution is 2.38. The van der Waals surface area contributed by atoms with E-state index in [1.54, 1.807) is 0 Å². The van der Waals surface area contributed by atoms with E-state index in [0.717, 1.165) is 35.1 Å². The summed E-state index contributed by atoms with van der Waals surface area (Å²) in [6.45, 7) is 4.44. The summed E-state index contributed by atoms with van der Waals surface area (Å²) in [5.74, 6) is 1.77. The van der Waals surface area contributed by atoms with E-state index in [-0.39, 0.29) is 0 Å². The fourth-order valence-electron chi connectivity index (χ4n) is 3.15. The highest BCUT2D eigenvalue weighted by atomic mass is 32.1. The van der Waals surface area contributed by atoms with Gasteiger partial charge < -0.3 is 0 Å². The molecule has 1 atom stereocenters. The van der Waals surface area contributed by atoms with Crippen LogP contribution in [0, 0.1) is 10.7 Å². The number of thiophene rings is 1. The van der Waals surface area contributed by atoms with Gasteiger partial charge in [-0.15, -0.1) is 11.3 Å². The minimum atomic E-state index is 0.648. The van der Waals surface area contributed by atoms with Crippen molar-refractivity contribution in [3.8, 4) is 0 Å². The van der Waals surface area contributed by atoms with E-state index < -0.39 is 0 Å². The summed E-state index contributed by atoms with van der Waals surface area (Å²) in [7, 11) is 0. The van der Waals surface area contributed by atoms with Crippen molar-refractivity contribution in [2.45, 2.75) is 39.5 Å². The second-order valence-electron chi connectivity index (χ2n) is 5.60. The molecule has 0 aliphatic heterocycles. The Morgan fingerprint density at radius 2 is 2.35 bits per heavy atom. The van der Waals surface area contributed by atoms with Crippen molar-refractivity contribution in [2.75, 3.05) is 0 Å². The third-order valence-electron chi connectivity index (χ3n) is 4.19. The lowest BCUT2D eigenvalue weighted by atomic mass is 9.89. The van der Waals surface area contributed by atoms with Gasteiger partial charge in [0, 0.05) is 11.3 Å². The molecule has 0 aromatic carbocycles. The van der Waals surface area contributed by atoms with E-state index in [9.17, 15) is 0 Å². The molecule has 3 aromatic rings. The number of aromatic nitrogens is 4. The molecule has 3 heterocycles. The number of nitrogens with zero attached hydrogens (tertiary/aromatic N) is 3. The van der Waals surface area contributed by atoms with E-state index in [0.29, 0.717) is 4.77 Å². The normalized spacial score (nSPS) is 18.8. The van der Waals surface area contributed by atoms with Gasteiger partial charge in [0.05, 0.1) is 5.39 Å². The zero-order chi connectivity index (χ0) is 13.9. The summed E-state index contributed by atoms with van der Waals surface area (Å²) < 4.78 is 2.65. The first-order valence-corrected chi connectivity index (χ1v) is 8.31. The monoisotopic (exact) mass is 304 g/mol. The molecule has 0 radical (unpaired) electrons. The van der Waals surface area contributed by atoms with Crippen LogP contribution in [0.1, 0.15) is 36.5 Å². The first-order chi connectivity index (χ1) is 9.69. The number of fused-ring (bicyclic) bond motifs is 5. The lowest BCUT2D eigenvalue weighted by Gasteiger charge is -2.17. The fraction of sp³-hybridized carbons (Fsp3) is 0.500. The molecule has 20 heavy (non-hydrogen) atoms. The van der Waals surface area contributed by atoms with Crippen LogP contribution in [0.3, 0.4) is 0 Å². The molecule has 1 N–H and O–H groups in total. The Bertz CT molecular complexity index is 871. The average molecular weight is 304 g/mol. The highest BCUT2D eigenvalue weighted by molar-refractivity contribution is 7.71. The number of aryl methyl sites for hydroxylation is 2. The van der Waals surface area contributed by atoms with Crippen LogP contribution in [-0.4, -0.2) is 19.6 Å². The van der Waals surface area contributed by atoms with Gasteiger partial charge in [-0.2, -0.15) is 5.10 Å². The largest absolute Gasteiger partial charge is 0.255 e. The molecule has 0 amide bonds. The molecule has 6 heteroatoms. The molecule has 4 nitrogen and oxygen atoms in total. The second kappa shape index (κ2) is 4.36. The van der Waals surface area contributed by atoms with Gasteiger partial charge >= 0.3 is 0 Å². The van der Waals surface area contributed by atoms with Crippen molar-refractivity contribution in [2.24, 2.45) is 5.92 Å². The van der Waals surface area contributed by atoms with Crippen LogP contribution in [0.25, 0.3) is 15.9 Å². The van der Waals surface area contributed by atoms with Gasteiger partial charge in [0.25, 0.3) is 0 Å². The van der Waals surface area contributed by atoms with Gasteiger partial charge in [-0.05, 0) is 43.0 Å². The van der Waals surface area contributed by atoms with E-state index >= 15 is 0 Å². The number of hydrogen-bond acceptors (Lipinski definition) is 4. The zero-order valence-electron chi connectivity index (χ0n) is 11.6. The second-order valence-corrected chi connectivity index (χ2v) is 7.07. The lowest BCUT2D eigenvalue weighted by Crippen LogP contribution is -2.09. The Hall–Kier alpha value is -1.27. The number of H-pyrrole nitrogens is 1. The van der Waals surface area contributed by atoms with Gasteiger partial charge in [0.2, 0.25) is 4.77 Å². The summed E-state index contributed by atoms with van der Waals surface area (Å²) >= 11 is 7.20. The number of nitrogens with one attached hydrogen (secondary N) is 1. The Labute approximate surface area is 125 Å². The van der Waals surface area contributed by atoms with Crippen LogP contribution in [0.5, 0.6) is 0 Å². The molecule has 0 unspecified atom stereocenters. The first kappa shape index (κ1) is 12.5. The van der Waals surface area contributed by atoms with Gasteiger partial charge in [-0.25, -0.2) is 4.98 Å². The Morgan fingerprint density at radius 3 is 3.15 bits per heavy atom. The Morgan fingerprint density at radius 1 is 1.50 bits per heavy atom. The SMILES string of the molecule is CCc1nc2sc3c(c2c2n[nH]c(=S)n12)CC[C@@H](C)C3. The molecule has 0 fully saturated rings. The smallest absolute Gasteiger partial charge is 0.201 e. The maximum absolute atomic E-state index is 5.36. The predicted molar refractivity (Wildman–Crippen MR) is 84.1 cm³/mol. The average Bonchev–Trinajstić information content (AvgIpc) is 2.98. The third kappa shape index (κ3) is 1.61. The lowest BCUT2D eigenvalue weighted by molar-refractivity contribution is 0.509. The topological polar surface area (TPSA) is 46.0 Å². The minimum Gasteiger partial charge on any atom is -0.255 e. The molecule has 0 saturated heterocycles. The van der Waals surface area contributed by atoms with Crippen molar-refractivity contribution in [3.63, 3.8) is 0 Å². The van der Waals surface area contributed by atoms with Crippen molar-refractivity contribution >= 4 is 39.4 Å². The van der Waals surface area contributed by atoms with Crippen molar-refractivity contribution in [1.29, 1.82) is 0 Å². The summed E-state index contributed by atoms with van der Waals surface area (Å²) in [6, 6.07) is 0. The van der Waals surface area contributed by atoms with Crippen LogP contribution in [0.15, 0.2) is 0 Å². The van der Waals surface area contributed by atoms with Crippen LogP contribution in [0.4, 0.5) is 0 Å². The standard InChI is InChI=1S/C14H16N4S2/c1-3-10-15-13-11(12-16-17-14(19)18(10)12)8-5-4-7(2)6-9(8)20-13/h7H,3-6H2,1-2H3,(H,17,19)/t7-/m1/s1. The molecule has 104 valence electrons. The Balaban J connectivity index is 2.15. The minimum absolute atomic E-state index is 0.648. The summed E-state index contributed by atoms with van der Waals surface area (Å²) in [5.41, 5.74) is 2.42. The zero-order valence-corrected chi connectivity index (χ0v) is 13.2. The van der Waals surface area contributed by atoms with Crippen molar-refractivity contribution < 1.29 is 0 Å². The summed E-state index contributed by atoms with van der Waals surface area (Å²) in [5, 5.41) is 8.62. The van der Waals surface area contributed by atoms with E-state index in [4.69, 9.17) is 17.2 Å². The van der Waals surface area contributed by atoms with Crippen LogP contribution < -0.4 is 0 Å². The first-order valence-electron chi connectivity index (χ1n) is 7.09. The van der Waals surface area contributed by atoms with E-state index in [1.807, 2.05) is 15.7 Å². The third-order valence-corrected chi connectivity index (χ3v) is 5.62. The van der Waals surface area contributed by atoms with E-state index in [2.05, 4.69) is 24.0 Å². The van der Waals surface area contributed by atoms with Crippen LogP contribution >= 0.6 is 23.6 Å². The van der Waals surface area contributed by atoms with Gasteiger partial charge in [0.15, 0.2) is 5.65 Å². The number of rotatable bonds is 1. The molecular weight excluding hydrogens is 288 g/mol. The van der Waals surface area contributed by atoms with Crippen molar-refractivity contribution in [3.05, 3.63) is 21.0 Å². The van der Waals surface area contributed by atoms with Gasteiger partial charge in [0.1, 0.15) is 10.7 Å². The summed E-state index contributed by atoms with van der Waals surface area (Å²) in [4.78, 5) is 7.46. The highest BCUT2D eigenvalue weighted by Gasteiger charge is 2.24. The van der Waals surface area contributed by atoms with Crippen LogP contribution in [-0.2, 0) is 19.3 Å². The number of aromatic amines is 1. The molecule has 3 aromatic heterocycles. The van der Waals surface area contributed by atoms with Crippen LogP contribution in [0.2, 0.25) is 0 Å². The Kier molecular flexibility index (Phi) is 2.72. The molecule has 1 aliphatic carbocycles. The summed E-state index contributed by atoms with van der Waals surface area (Å²) in [6.07, 6.45) is 4.43. The van der Waals surface area contributed by atoms with Gasteiger partial charge in [-0.3, -0.25) is 9.50 Å². The van der Waals surface area contributed by atoms with E-state index in [1.165, 1.54) is 28.7 Å². The molecule has 1 aliphatic rings. The number of hydrogen-bond donors (Lipinski definition) is 1. The molecule has 0 saturated carbocycles. The molecular formula is C14H16N4S2. The predicted octanol–water partition coefficient (Wildman–Crippen LogP) is 3.69. The quantitative estimate of drug-likeness (QED) is 0.697. The maximum atomic E-state index is 5.36. The maximum Gasteiger partial charge on any atom is 0.201 e. The molecule has 4 rings (SSSR count).